The molecule has 0 fully saturated rings. The van der Waals surface area contributed by atoms with Crippen molar-refractivity contribution in [2.45, 2.75) is 0 Å². The van der Waals surface area contributed by atoms with Gasteiger partial charge in [0.2, 0.25) is 0 Å². The largest absolute Gasteiger partial charge is 0.392 e. The molecule has 0 saturated carbocycles. The molecule has 0 heterocycles. The van der Waals surface area contributed by atoms with Crippen LogP contribution < -0.4 is 0 Å². The maximum absolute atomic E-state index is 8.15. The molecule has 0 atom stereocenters. The number of rotatable bonds is 2. The summed E-state index contributed by atoms with van der Waals surface area (Å²) >= 11 is 5.22. The third-order valence-electron chi connectivity index (χ3n) is 0.464. The predicted octanol–water partition coefficient (Wildman–Crippen LogP) is 0.0937. The topological polar surface area (TPSA) is 40.5 Å². The molecule has 0 aliphatic carbocycles. The third-order valence-corrected chi connectivity index (χ3v) is 0.738. The Hall–Kier alpha value is -0.0500. The molecule has 0 rings (SSSR count). The average molecular weight is 123 g/mol. The van der Waals surface area contributed by atoms with Crippen molar-refractivity contribution in [1.29, 1.82) is 0 Å². The van der Waals surface area contributed by atoms with E-state index in [1.54, 1.807) is 0 Å². The second-order valence-corrected chi connectivity index (χ2v) is 1.48. The Kier molecular flexibility index (Phi) is 4.09. The van der Waals surface area contributed by atoms with Crippen LogP contribution in [0.2, 0.25) is 0 Å². The van der Waals surface area contributed by atoms with Crippen LogP contribution >= 0.6 is 11.6 Å². The molecule has 2 nitrogen and oxygen atoms in total. The summed E-state index contributed by atoms with van der Waals surface area (Å²) < 4.78 is 0. The molecule has 0 aromatic rings. The van der Waals surface area contributed by atoms with Crippen LogP contribution in [0.1, 0.15) is 0 Å². The molecule has 42 valence electrons. The van der Waals surface area contributed by atoms with Crippen molar-refractivity contribution >= 4 is 11.6 Å². The van der Waals surface area contributed by atoms with Gasteiger partial charge in [-0.05, 0) is 6.08 Å². The van der Waals surface area contributed by atoms with E-state index in [-0.39, 0.29) is 18.2 Å². The van der Waals surface area contributed by atoms with Crippen LogP contribution in [0.25, 0.3) is 0 Å². The van der Waals surface area contributed by atoms with Crippen LogP contribution in [0.5, 0.6) is 0 Å². The van der Waals surface area contributed by atoms with Crippen molar-refractivity contribution in [3.63, 3.8) is 0 Å². The van der Waals surface area contributed by atoms with Crippen LogP contribution in [0.3, 0.4) is 0 Å². The minimum atomic E-state index is -0.192. The van der Waals surface area contributed by atoms with Gasteiger partial charge in [-0.2, -0.15) is 0 Å². The van der Waals surface area contributed by atoms with Crippen molar-refractivity contribution < 1.29 is 10.2 Å². The molecular formula is C4H7ClO2. The Balaban J connectivity index is 3.29. The standard InChI is InChI=1S/C4H7ClO2/c5-4(3-7)1-2-6/h1,6-7H,2-3H2/b4-1-. The number of hydrogen-bond donors (Lipinski definition) is 2. The Bertz CT molecular complexity index is 70.1. The lowest BCUT2D eigenvalue weighted by atomic mass is 10.5. The van der Waals surface area contributed by atoms with Crippen LogP contribution in [-0.2, 0) is 0 Å². The van der Waals surface area contributed by atoms with Crippen molar-refractivity contribution in [1.82, 2.24) is 0 Å². The van der Waals surface area contributed by atoms with Gasteiger partial charge in [0.1, 0.15) is 0 Å². The quantitative estimate of drug-likeness (QED) is 0.545. The molecule has 3 heteroatoms. The normalized spacial score (nSPS) is 12.1. The maximum Gasteiger partial charge on any atom is 0.0785 e. The maximum atomic E-state index is 8.15. The molecule has 0 aromatic carbocycles. The Labute approximate surface area is 47.0 Å². The summed E-state index contributed by atoms with van der Waals surface area (Å²) in [6.45, 7) is -0.304. The van der Waals surface area contributed by atoms with Crippen LogP contribution in [0.15, 0.2) is 11.1 Å². The zero-order valence-corrected chi connectivity index (χ0v) is 4.52. The van der Waals surface area contributed by atoms with E-state index in [9.17, 15) is 0 Å². The first-order valence-corrected chi connectivity index (χ1v) is 2.25. The zero-order chi connectivity index (χ0) is 5.70. The summed E-state index contributed by atoms with van der Waals surface area (Å²) in [5.41, 5.74) is 0. The number of aliphatic hydroxyl groups excluding tert-OH is 2. The molecule has 0 unspecified atom stereocenters. The Morgan fingerprint density at radius 2 is 2.14 bits per heavy atom. The second kappa shape index (κ2) is 4.12. The van der Waals surface area contributed by atoms with E-state index in [0.29, 0.717) is 0 Å². The highest BCUT2D eigenvalue weighted by molar-refractivity contribution is 6.29. The van der Waals surface area contributed by atoms with E-state index in [4.69, 9.17) is 21.8 Å². The molecule has 0 amide bonds. The monoisotopic (exact) mass is 122 g/mol. The van der Waals surface area contributed by atoms with Gasteiger partial charge in [-0.3, -0.25) is 0 Å². The van der Waals surface area contributed by atoms with E-state index in [1.807, 2.05) is 0 Å². The molecule has 2 N–H and O–H groups in total. The van der Waals surface area contributed by atoms with E-state index in [1.165, 1.54) is 6.08 Å². The third kappa shape index (κ3) is 3.79. The fraction of sp³-hybridized carbons (Fsp3) is 0.500. The van der Waals surface area contributed by atoms with Crippen LogP contribution in [0.4, 0.5) is 0 Å². The summed E-state index contributed by atoms with van der Waals surface area (Å²) in [6, 6.07) is 0. The lowest BCUT2D eigenvalue weighted by Gasteiger charge is -1.84. The summed E-state index contributed by atoms with van der Waals surface area (Å²) in [5, 5.41) is 16.5. The minimum absolute atomic E-state index is 0.112. The minimum Gasteiger partial charge on any atom is -0.392 e. The molecule has 0 aliphatic heterocycles. The molecule has 0 saturated heterocycles. The highest BCUT2D eigenvalue weighted by Gasteiger charge is 1.81. The van der Waals surface area contributed by atoms with Gasteiger partial charge in [-0.1, -0.05) is 11.6 Å². The van der Waals surface area contributed by atoms with E-state index >= 15 is 0 Å². The van der Waals surface area contributed by atoms with E-state index in [0.717, 1.165) is 0 Å². The van der Waals surface area contributed by atoms with Crippen molar-refractivity contribution in [3.05, 3.63) is 11.1 Å². The first-order chi connectivity index (χ1) is 3.31. The first kappa shape index (κ1) is 6.95. The van der Waals surface area contributed by atoms with Gasteiger partial charge in [0.15, 0.2) is 0 Å². The molecule has 7 heavy (non-hydrogen) atoms. The Morgan fingerprint density at radius 1 is 1.57 bits per heavy atom. The number of halogens is 1. The molecule has 0 radical (unpaired) electrons. The van der Waals surface area contributed by atoms with Gasteiger partial charge in [-0.15, -0.1) is 0 Å². The molecule has 0 aliphatic rings. The summed E-state index contributed by atoms with van der Waals surface area (Å²) in [4.78, 5) is 0. The summed E-state index contributed by atoms with van der Waals surface area (Å²) in [5.74, 6) is 0. The predicted molar refractivity (Wildman–Crippen MR) is 28.1 cm³/mol. The van der Waals surface area contributed by atoms with Gasteiger partial charge < -0.3 is 10.2 Å². The van der Waals surface area contributed by atoms with Crippen LogP contribution in [-0.4, -0.2) is 23.4 Å². The van der Waals surface area contributed by atoms with E-state index < -0.39 is 0 Å². The lowest BCUT2D eigenvalue weighted by Crippen LogP contribution is -1.82. The Morgan fingerprint density at radius 3 is 2.29 bits per heavy atom. The first-order valence-electron chi connectivity index (χ1n) is 1.87. The molecular weight excluding hydrogens is 115 g/mol. The summed E-state index contributed by atoms with van der Waals surface area (Å²) in [7, 11) is 0. The van der Waals surface area contributed by atoms with Crippen molar-refractivity contribution in [2.24, 2.45) is 0 Å². The van der Waals surface area contributed by atoms with Gasteiger partial charge >= 0.3 is 0 Å². The van der Waals surface area contributed by atoms with Crippen molar-refractivity contribution in [2.75, 3.05) is 13.2 Å². The van der Waals surface area contributed by atoms with Gasteiger partial charge in [0, 0.05) is 5.03 Å². The number of aliphatic hydroxyl groups is 2. The number of hydrogen-bond acceptors (Lipinski definition) is 2. The van der Waals surface area contributed by atoms with Crippen molar-refractivity contribution in [3.8, 4) is 0 Å². The second-order valence-electron chi connectivity index (χ2n) is 0.992. The van der Waals surface area contributed by atoms with Crippen LogP contribution in [0, 0.1) is 0 Å². The summed E-state index contributed by atoms with van der Waals surface area (Å²) in [6.07, 6.45) is 1.33. The highest BCUT2D eigenvalue weighted by Crippen LogP contribution is 1.95. The molecule has 0 bridgehead atoms. The highest BCUT2D eigenvalue weighted by atomic mass is 35.5. The average Bonchev–Trinajstić information content (AvgIpc) is 1.68. The van der Waals surface area contributed by atoms with Gasteiger partial charge in [0.05, 0.1) is 13.2 Å². The fourth-order valence-corrected chi connectivity index (χ4v) is 0.233. The zero-order valence-electron chi connectivity index (χ0n) is 3.76. The van der Waals surface area contributed by atoms with E-state index in [2.05, 4.69) is 0 Å². The fourth-order valence-electron chi connectivity index (χ4n) is 0.164. The van der Waals surface area contributed by atoms with Gasteiger partial charge in [-0.25, -0.2) is 0 Å². The van der Waals surface area contributed by atoms with Gasteiger partial charge in [0.25, 0.3) is 0 Å². The smallest absolute Gasteiger partial charge is 0.0785 e. The molecule has 0 aromatic heterocycles. The SMILES string of the molecule is OC/C=C(\Cl)CO. The lowest BCUT2D eigenvalue weighted by molar-refractivity contribution is 0.326. The molecule has 0 spiro atoms.